The third kappa shape index (κ3) is 4.62. The van der Waals surface area contributed by atoms with Crippen molar-refractivity contribution in [3.05, 3.63) is 143 Å². The van der Waals surface area contributed by atoms with Crippen LogP contribution in [0.1, 0.15) is 61.5 Å². The van der Waals surface area contributed by atoms with Crippen LogP contribution in [0.2, 0.25) is 0 Å². The second kappa shape index (κ2) is 10.5. The molecule has 0 amide bonds. The van der Waals surface area contributed by atoms with Crippen LogP contribution in [0.15, 0.2) is 108 Å². The number of ether oxygens (including phenoxy) is 1. The SMILES string of the molecule is COc1ccc(C2=NC(CC(=O)c3ccc(C(=O)c4ccccc4)cc3)c3nnc(C)n3-c3ccccc32)cc1. The monoisotopic (exact) mass is 526 g/mol. The fourth-order valence-corrected chi connectivity index (χ4v) is 5.02. The lowest BCUT2D eigenvalue weighted by Crippen LogP contribution is -2.11. The Morgan fingerprint density at radius 2 is 1.43 bits per heavy atom. The topological polar surface area (TPSA) is 86.4 Å². The van der Waals surface area contributed by atoms with Crippen LogP contribution >= 0.6 is 0 Å². The standard InChI is InChI=1S/C33H26N4O3/c1-21-35-36-33-28(20-30(38)22-12-14-25(15-13-22)32(39)24-8-4-3-5-9-24)34-31(23-16-18-26(40-2)19-17-23)27-10-6-7-11-29(27)37(21)33/h3-19,28H,20H2,1-2H3. The molecule has 7 heteroatoms. The molecule has 1 aromatic heterocycles. The number of rotatable bonds is 7. The van der Waals surface area contributed by atoms with Gasteiger partial charge in [0.15, 0.2) is 17.4 Å². The predicted octanol–water partition coefficient (Wildman–Crippen LogP) is 5.98. The minimum atomic E-state index is -0.566. The van der Waals surface area contributed by atoms with Gasteiger partial charge in [-0.15, -0.1) is 10.2 Å². The van der Waals surface area contributed by atoms with Gasteiger partial charge in [-0.05, 0) is 37.3 Å². The first kappa shape index (κ1) is 25.1. The molecule has 7 nitrogen and oxygen atoms in total. The minimum absolute atomic E-state index is 0.0848. The first-order valence-corrected chi connectivity index (χ1v) is 13.0. The number of carbonyl (C=O) groups is 2. The number of aliphatic imine (C=N–C) groups is 1. The van der Waals surface area contributed by atoms with Gasteiger partial charge in [-0.3, -0.25) is 19.1 Å². The summed E-state index contributed by atoms with van der Waals surface area (Å²) in [4.78, 5) is 31.5. The maximum Gasteiger partial charge on any atom is 0.193 e. The second-order valence-corrected chi connectivity index (χ2v) is 9.58. The van der Waals surface area contributed by atoms with E-state index >= 15 is 0 Å². The highest BCUT2D eigenvalue weighted by atomic mass is 16.5. The van der Waals surface area contributed by atoms with Crippen molar-refractivity contribution in [3.8, 4) is 11.4 Å². The molecule has 2 heterocycles. The van der Waals surface area contributed by atoms with Gasteiger partial charge in [0.2, 0.25) is 0 Å². The molecule has 1 aliphatic rings. The summed E-state index contributed by atoms with van der Waals surface area (Å²) >= 11 is 0. The van der Waals surface area contributed by atoms with Crippen LogP contribution in [-0.4, -0.2) is 39.2 Å². The average Bonchev–Trinajstić information content (AvgIpc) is 3.33. The molecule has 1 unspecified atom stereocenters. The van der Waals surface area contributed by atoms with Crippen molar-refractivity contribution in [1.29, 1.82) is 0 Å². The highest BCUT2D eigenvalue weighted by molar-refractivity contribution is 6.15. The molecule has 0 saturated carbocycles. The third-order valence-electron chi connectivity index (χ3n) is 7.08. The molecule has 0 bridgehead atoms. The number of fused-ring (bicyclic) bond motifs is 3. The van der Waals surface area contributed by atoms with Crippen LogP contribution in [0.5, 0.6) is 5.75 Å². The second-order valence-electron chi connectivity index (χ2n) is 9.58. The van der Waals surface area contributed by atoms with E-state index in [-0.39, 0.29) is 18.0 Å². The Morgan fingerprint density at radius 3 is 2.15 bits per heavy atom. The lowest BCUT2D eigenvalue weighted by Gasteiger charge is -2.12. The normalized spacial score (nSPS) is 13.9. The van der Waals surface area contributed by atoms with E-state index in [1.54, 1.807) is 43.5 Å². The van der Waals surface area contributed by atoms with Gasteiger partial charge < -0.3 is 4.74 Å². The smallest absolute Gasteiger partial charge is 0.193 e. The number of nitrogens with zero attached hydrogens (tertiary/aromatic N) is 4. The van der Waals surface area contributed by atoms with Gasteiger partial charge in [-0.2, -0.15) is 0 Å². The van der Waals surface area contributed by atoms with E-state index in [0.717, 1.165) is 34.1 Å². The van der Waals surface area contributed by atoms with Crippen molar-refractivity contribution in [1.82, 2.24) is 14.8 Å². The number of para-hydroxylation sites is 1. The van der Waals surface area contributed by atoms with Crippen LogP contribution in [0.25, 0.3) is 5.69 Å². The van der Waals surface area contributed by atoms with Gasteiger partial charge in [-0.25, -0.2) is 0 Å². The summed E-state index contributed by atoms with van der Waals surface area (Å²) in [6, 6.07) is 31.0. The molecule has 5 aromatic rings. The molecule has 0 aliphatic carbocycles. The fourth-order valence-electron chi connectivity index (χ4n) is 5.02. The van der Waals surface area contributed by atoms with Crippen LogP contribution in [0, 0.1) is 6.92 Å². The number of methoxy groups -OCH3 is 1. The molecule has 0 saturated heterocycles. The Kier molecular flexibility index (Phi) is 6.62. The van der Waals surface area contributed by atoms with E-state index in [4.69, 9.17) is 9.73 Å². The van der Waals surface area contributed by atoms with Gasteiger partial charge in [-0.1, -0.05) is 72.8 Å². The van der Waals surface area contributed by atoms with Crippen molar-refractivity contribution >= 4 is 17.3 Å². The summed E-state index contributed by atoms with van der Waals surface area (Å²) in [5.41, 5.74) is 5.16. The Balaban J connectivity index is 1.36. The van der Waals surface area contributed by atoms with Crippen LogP contribution in [-0.2, 0) is 0 Å². The highest BCUT2D eigenvalue weighted by Crippen LogP contribution is 2.33. The summed E-state index contributed by atoms with van der Waals surface area (Å²) in [6.07, 6.45) is 0.0950. The number of hydrogen-bond acceptors (Lipinski definition) is 6. The fraction of sp³-hybridized carbons (Fsp3) is 0.121. The first-order chi connectivity index (χ1) is 19.5. The summed E-state index contributed by atoms with van der Waals surface area (Å²) < 4.78 is 7.33. The maximum absolute atomic E-state index is 13.6. The molecule has 0 N–H and O–H groups in total. The van der Waals surface area contributed by atoms with Crippen LogP contribution in [0.4, 0.5) is 0 Å². The molecule has 4 aromatic carbocycles. The third-order valence-corrected chi connectivity index (χ3v) is 7.08. The molecule has 1 aliphatic heterocycles. The van der Waals surface area contributed by atoms with Gasteiger partial charge in [0.05, 0.1) is 18.5 Å². The summed E-state index contributed by atoms with van der Waals surface area (Å²) in [5, 5.41) is 8.79. The van der Waals surface area contributed by atoms with Gasteiger partial charge >= 0.3 is 0 Å². The van der Waals surface area contributed by atoms with Gasteiger partial charge in [0.25, 0.3) is 0 Å². The van der Waals surface area contributed by atoms with E-state index in [1.807, 2.05) is 78.2 Å². The number of benzene rings is 4. The Bertz CT molecular complexity index is 1740. The number of ketones is 2. The molecule has 40 heavy (non-hydrogen) atoms. The quantitative estimate of drug-likeness (QED) is 0.244. The largest absolute Gasteiger partial charge is 0.497 e. The molecule has 0 radical (unpaired) electrons. The van der Waals surface area contributed by atoms with Crippen LogP contribution in [0.3, 0.4) is 0 Å². The van der Waals surface area contributed by atoms with Gasteiger partial charge in [0.1, 0.15) is 17.6 Å². The Labute approximate surface area is 231 Å². The van der Waals surface area contributed by atoms with Crippen molar-refractivity contribution < 1.29 is 14.3 Å². The molecule has 0 spiro atoms. The zero-order chi connectivity index (χ0) is 27.6. The number of hydrogen-bond donors (Lipinski definition) is 0. The maximum atomic E-state index is 13.6. The number of Topliss-reactive ketones (excluding diaryl/α,β-unsaturated/α-hetero) is 1. The van der Waals surface area contributed by atoms with Crippen molar-refractivity contribution in [2.24, 2.45) is 4.99 Å². The minimum Gasteiger partial charge on any atom is -0.497 e. The molecule has 6 rings (SSSR count). The zero-order valence-corrected chi connectivity index (χ0v) is 22.1. The van der Waals surface area contributed by atoms with E-state index < -0.39 is 6.04 Å². The number of aryl methyl sites for hydroxylation is 1. The molecule has 0 fully saturated rings. The van der Waals surface area contributed by atoms with E-state index in [1.165, 1.54) is 0 Å². The summed E-state index contributed by atoms with van der Waals surface area (Å²) in [6.45, 7) is 1.90. The van der Waals surface area contributed by atoms with Crippen molar-refractivity contribution in [2.45, 2.75) is 19.4 Å². The Morgan fingerprint density at radius 1 is 0.775 bits per heavy atom. The molecular weight excluding hydrogens is 500 g/mol. The van der Waals surface area contributed by atoms with Crippen molar-refractivity contribution in [2.75, 3.05) is 7.11 Å². The number of carbonyl (C=O) groups excluding carboxylic acids is 2. The average molecular weight is 527 g/mol. The molecule has 196 valence electrons. The van der Waals surface area contributed by atoms with E-state index in [2.05, 4.69) is 10.2 Å². The lowest BCUT2D eigenvalue weighted by molar-refractivity contribution is 0.0971. The van der Waals surface area contributed by atoms with E-state index in [0.29, 0.717) is 22.5 Å². The Hall–Kier alpha value is -5.17. The zero-order valence-electron chi connectivity index (χ0n) is 22.1. The molecular formula is C33H26N4O3. The summed E-state index contributed by atoms with van der Waals surface area (Å²) in [5.74, 6) is 1.89. The predicted molar refractivity (Wildman–Crippen MR) is 153 cm³/mol. The van der Waals surface area contributed by atoms with Crippen LogP contribution < -0.4 is 4.74 Å². The first-order valence-electron chi connectivity index (χ1n) is 13.0. The van der Waals surface area contributed by atoms with E-state index in [9.17, 15) is 9.59 Å². The number of aromatic nitrogens is 3. The van der Waals surface area contributed by atoms with Gasteiger partial charge in [0, 0.05) is 34.2 Å². The lowest BCUT2D eigenvalue weighted by atomic mass is 9.98. The van der Waals surface area contributed by atoms with Crippen molar-refractivity contribution in [3.63, 3.8) is 0 Å². The highest BCUT2D eigenvalue weighted by Gasteiger charge is 2.29. The molecule has 1 atom stereocenters. The summed E-state index contributed by atoms with van der Waals surface area (Å²) in [7, 11) is 1.63.